The van der Waals surface area contributed by atoms with Gasteiger partial charge in [-0.1, -0.05) is 44.2 Å². The second kappa shape index (κ2) is 4.37. The predicted octanol–water partition coefficient (Wildman–Crippen LogP) is 5.38. The van der Waals surface area contributed by atoms with Gasteiger partial charge >= 0.3 is 0 Å². The lowest BCUT2D eigenvalue weighted by Gasteiger charge is -2.29. The molecular formula is C17H17I. The number of benzene rings is 2. The first-order chi connectivity index (χ1) is 8.73. The van der Waals surface area contributed by atoms with Gasteiger partial charge in [0.05, 0.1) is 0 Å². The summed E-state index contributed by atoms with van der Waals surface area (Å²) in [4.78, 5) is 0. The fraction of sp³-hybridized carbons (Fsp3) is 0.294. The number of rotatable bonds is 2. The van der Waals surface area contributed by atoms with Crippen molar-refractivity contribution in [1.82, 2.24) is 0 Å². The Hall–Kier alpha value is -0.830. The lowest BCUT2D eigenvalue weighted by molar-refractivity contribution is 0.490. The Bertz CT molecular complexity index is 594. The Kier molecular flexibility index (Phi) is 2.97. The fourth-order valence-corrected chi connectivity index (χ4v) is 3.93. The Morgan fingerprint density at radius 1 is 0.889 bits per heavy atom. The minimum absolute atomic E-state index is 0.229. The molecule has 92 valence electrons. The fourth-order valence-electron chi connectivity index (χ4n) is 3.44. The highest BCUT2D eigenvalue weighted by molar-refractivity contribution is 14.1. The monoisotopic (exact) mass is 348 g/mol. The van der Waals surface area contributed by atoms with Crippen LogP contribution in [0.2, 0.25) is 0 Å². The lowest BCUT2D eigenvalue weighted by atomic mass is 9.74. The van der Waals surface area contributed by atoms with E-state index in [1.165, 1.54) is 38.7 Å². The van der Waals surface area contributed by atoms with Crippen LogP contribution in [0, 0.1) is 3.57 Å². The summed E-state index contributed by atoms with van der Waals surface area (Å²) >= 11 is 2.42. The van der Waals surface area contributed by atoms with Crippen molar-refractivity contribution in [3.05, 3.63) is 57.2 Å². The van der Waals surface area contributed by atoms with E-state index in [4.69, 9.17) is 0 Å². The summed E-state index contributed by atoms with van der Waals surface area (Å²) in [5.41, 5.74) is 6.16. The standard InChI is InChI=1S/C17H17I/c1-3-17(4-2)15-8-6-5-7-13(15)14-10-9-12(18)11-16(14)17/h5-11H,3-4H2,1-2H3. The minimum Gasteiger partial charge on any atom is -0.0642 e. The second-order valence-corrected chi connectivity index (χ2v) is 6.27. The Morgan fingerprint density at radius 2 is 1.56 bits per heavy atom. The van der Waals surface area contributed by atoms with Crippen LogP contribution in [0.3, 0.4) is 0 Å². The first-order valence-corrected chi connectivity index (χ1v) is 7.70. The van der Waals surface area contributed by atoms with Gasteiger partial charge in [0.1, 0.15) is 0 Å². The molecule has 2 aromatic rings. The summed E-state index contributed by atoms with van der Waals surface area (Å²) in [5, 5.41) is 0. The van der Waals surface area contributed by atoms with E-state index in [0.717, 1.165) is 0 Å². The van der Waals surface area contributed by atoms with Crippen LogP contribution in [0.4, 0.5) is 0 Å². The maximum atomic E-state index is 2.42. The van der Waals surface area contributed by atoms with Crippen LogP contribution in [0.5, 0.6) is 0 Å². The highest BCUT2D eigenvalue weighted by Crippen LogP contribution is 2.52. The molecule has 0 amide bonds. The molecular weight excluding hydrogens is 331 g/mol. The number of fused-ring (bicyclic) bond motifs is 3. The van der Waals surface area contributed by atoms with Gasteiger partial charge in [0.15, 0.2) is 0 Å². The molecule has 0 saturated heterocycles. The molecule has 0 saturated carbocycles. The molecule has 0 aromatic heterocycles. The van der Waals surface area contributed by atoms with Gasteiger partial charge in [-0.25, -0.2) is 0 Å². The van der Waals surface area contributed by atoms with Crippen LogP contribution in [-0.4, -0.2) is 0 Å². The van der Waals surface area contributed by atoms with Gasteiger partial charge in [-0.3, -0.25) is 0 Å². The molecule has 0 bridgehead atoms. The highest BCUT2D eigenvalue weighted by Gasteiger charge is 2.40. The van der Waals surface area contributed by atoms with Crippen molar-refractivity contribution in [2.45, 2.75) is 32.1 Å². The van der Waals surface area contributed by atoms with Gasteiger partial charge in [-0.15, -0.1) is 0 Å². The molecule has 0 fully saturated rings. The number of halogens is 1. The van der Waals surface area contributed by atoms with Crippen molar-refractivity contribution in [2.24, 2.45) is 0 Å². The van der Waals surface area contributed by atoms with Crippen LogP contribution in [0.25, 0.3) is 11.1 Å². The van der Waals surface area contributed by atoms with Crippen LogP contribution < -0.4 is 0 Å². The molecule has 1 heteroatoms. The second-order valence-electron chi connectivity index (χ2n) is 5.02. The summed E-state index contributed by atoms with van der Waals surface area (Å²) in [6, 6.07) is 15.8. The van der Waals surface area contributed by atoms with Gasteiger partial charge in [0, 0.05) is 8.99 Å². The van der Waals surface area contributed by atoms with Gasteiger partial charge in [-0.2, -0.15) is 0 Å². The van der Waals surface area contributed by atoms with E-state index in [1.807, 2.05) is 0 Å². The molecule has 0 heterocycles. The third kappa shape index (κ3) is 1.49. The molecule has 0 N–H and O–H groups in total. The van der Waals surface area contributed by atoms with Crippen LogP contribution in [0.1, 0.15) is 37.8 Å². The zero-order chi connectivity index (χ0) is 12.8. The number of hydrogen-bond acceptors (Lipinski definition) is 0. The summed E-state index contributed by atoms with van der Waals surface area (Å²) < 4.78 is 1.34. The summed E-state index contributed by atoms with van der Waals surface area (Å²) in [5.74, 6) is 0. The topological polar surface area (TPSA) is 0 Å². The van der Waals surface area contributed by atoms with E-state index in [9.17, 15) is 0 Å². The molecule has 0 unspecified atom stereocenters. The van der Waals surface area contributed by atoms with Crippen LogP contribution in [-0.2, 0) is 5.41 Å². The highest BCUT2D eigenvalue weighted by atomic mass is 127. The van der Waals surface area contributed by atoms with E-state index in [0.29, 0.717) is 0 Å². The average molecular weight is 348 g/mol. The van der Waals surface area contributed by atoms with Crippen molar-refractivity contribution < 1.29 is 0 Å². The molecule has 2 aromatic carbocycles. The molecule has 1 aliphatic rings. The van der Waals surface area contributed by atoms with Crippen LogP contribution >= 0.6 is 22.6 Å². The van der Waals surface area contributed by atoms with Gasteiger partial charge in [-0.05, 0) is 69.8 Å². The minimum atomic E-state index is 0.229. The smallest absolute Gasteiger partial charge is 0.0210 e. The largest absolute Gasteiger partial charge is 0.0642 e. The lowest BCUT2D eigenvalue weighted by Crippen LogP contribution is -2.23. The first kappa shape index (κ1) is 12.2. The molecule has 0 atom stereocenters. The van der Waals surface area contributed by atoms with Crippen LogP contribution in [0.15, 0.2) is 42.5 Å². The number of hydrogen-bond donors (Lipinski definition) is 0. The third-order valence-corrected chi connectivity index (χ3v) is 5.11. The van der Waals surface area contributed by atoms with E-state index in [2.05, 4.69) is 78.9 Å². The zero-order valence-electron chi connectivity index (χ0n) is 10.8. The predicted molar refractivity (Wildman–Crippen MR) is 86.0 cm³/mol. The maximum absolute atomic E-state index is 2.42. The van der Waals surface area contributed by atoms with E-state index in [1.54, 1.807) is 0 Å². The molecule has 0 radical (unpaired) electrons. The molecule has 3 rings (SSSR count). The normalized spacial score (nSPS) is 15.3. The maximum Gasteiger partial charge on any atom is 0.0210 e. The third-order valence-electron chi connectivity index (χ3n) is 4.44. The van der Waals surface area contributed by atoms with Crippen molar-refractivity contribution in [2.75, 3.05) is 0 Å². The Labute approximate surface area is 123 Å². The molecule has 1 aliphatic carbocycles. The first-order valence-electron chi connectivity index (χ1n) is 6.63. The average Bonchev–Trinajstić information content (AvgIpc) is 2.68. The SMILES string of the molecule is CCC1(CC)c2ccccc2-c2ccc(I)cc21. The molecule has 18 heavy (non-hydrogen) atoms. The van der Waals surface area contributed by atoms with Crippen molar-refractivity contribution in [3.8, 4) is 11.1 Å². The Morgan fingerprint density at radius 3 is 2.28 bits per heavy atom. The summed E-state index contributed by atoms with van der Waals surface area (Å²) in [6.07, 6.45) is 2.35. The van der Waals surface area contributed by atoms with Crippen molar-refractivity contribution in [1.29, 1.82) is 0 Å². The molecule has 0 spiro atoms. The molecule has 0 nitrogen and oxygen atoms in total. The summed E-state index contributed by atoms with van der Waals surface area (Å²) in [6.45, 7) is 4.63. The Balaban J connectivity index is 2.38. The van der Waals surface area contributed by atoms with Gasteiger partial charge < -0.3 is 0 Å². The van der Waals surface area contributed by atoms with Crippen molar-refractivity contribution in [3.63, 3.8) is 0 Å². The quantitative estimate of drug-likeness (QED) is 0.640. The zero-order valence-corrected chi connectivity index (χ0v) is 13.0. The summed E-state index contributed by atoms with van der Waals surface area (Å²) in [7, 11) is 0. The van der Waals surface area contributed by atoms with Gasteiger partial charge in [0.25, 0.3) is 0 Å². The van der Waals surface area contributed by atoms with E-state index >= 15 is 0 Å². The van der Waals surface area contributed by atoms with Crippen molar-refractivity contribution >= 4 is 22.6 Å². The van der Waals surface area contributed by atoms with E-state index in [-0.39, 0.29) is 5.41 Å². The molecule has 0 aliphatic heterocycles. The van der Waals surface area contributed by atoms with Gasteiger partial charge in [0.2, 0.25) is 0 Å². The van der Waals surface area contributed by atoms with E-state index < -0.39 is 0 Å².